The zero-order valence-corrected chi connectivity index (χ0v) is 16.6. The maximum Gasteiger partial charge on any atom is 0.305 e. The fraction of sp³-hybridized carbons (Fsp3) is 0.579. The third-order valence-electron chi connectivity index (χ3n) is 4.27. The fourth-order valence-corrected chi connectivity index (χ4v) is 3.37. The summed E-state index contributed by atoms with van der Waals surface area (Å²) in [7, 11) is 1.40. The number of esters is 1. The van der Waals surface area contributed by atoms with E-state index in [0.717, 1.165) is 19.3 Å². The third kappa shape index (κ3) is 7.80. The Hall–Kier alpha value is -1.74. The van der Waals surface area contributed by atoms with Crippen LogP contribution >= 0.6 is 11.3 Å². The van der Waals surface area contributed by atoms with Gasteiger partial charge in [-0.3, -0.25) is 15.0 Å². The van der Waals surface area contributed by atoms with Gasteiger partial charge in [0.25, 0.3) is 5.91 Å². The molecule has 0 spiro atoms. The van der Waals surface area contributed by atoms with Gasteiger partial charge in [0.15, 0.2) is 6.29 Å². The maximum absolute atomic E-state index is 12.0. The number of ether oxygens (including phenoxy) is 3. The fourth-order valence-electron chi connectivity index (χ4n) is 2.75. The first-order valence-corrected chi connectivity index (χ1v) is 10.0. The number of carbonyl (C=O) groups is 2. The summed E-state index contributed by atoms with van der Waals surface area (Å²) in [4.78, 5) is 23.7. The molecule has 2 heterocycles. The lowest BCUT2D eigenvalue weighted by atomic mass is 9.97. The Morgan fingerprint density at radius 3 is 3.00 bits per heavy atom. The van der Waals surface area contributed by atoms with Crippen LogP contribution in [0.4, 0.5) is 0 Å². The molecule has 0 aliphatic carbocycles. The Labute approximate surface area is 164 Å². The van der Waals surface area contributed by atoms with Gasteiger partial charge in [0.1, 0.15) is 0 Å². The smallest absolute Gasteiger partial charge is 0.305 e. The van der Waals surface area contributed by atoms with Crippen molar-refractivity contribution in [3.8, 4) is 0 Å². The van der Waals surface area contributed by atoms with E-state index in [1.54, 1.807) is 6.07 Å². The van der Waals surface area contributed by atoms with Gasteiger partial charge in [-0.25, -0.2) is 5.43 Å². The number of rotatable bonds is 10. The molecule has 0 bridgehead atoms. The number of hydrogen-bond acceptors (Lipinski definition) is 7. The minimum atomic E-state index is -0.259. The largest absolute Gasteiger partial charge is 0.469 e. The van der Waals surface area contributed by atoms with E-state index in [0.29, 0.717) is 24.4 Å². The van der Waals surface area contributed by atoms with E-state index in [-0.39, 0.29) is 30.2 Å². The number of allylic oxidation sites excluding steroid dienone is 2. The normalized spacial score (nSPS) is 22.7. The van der Waals surface area contributed by atoms with Gasteiger partial charge in [0, 0.05) is 18.9 Å². The number of thiophene rings is 1. The number of carbonyl (C=O) groups excluding carboxylic acids is 2. The van der Waals surface area contributed by atoms with Crippen molar-refractivity contribution in [2.45, 2.75) is 45.0 Å². The first-order chi connectivity index (χ1) is 13.1. The van der Waals surface area contributed by atoms with Crippen LogP contribution in [0.15, 0.2) is 29.7 Å². The van der Waals surface area contributed by atoms with Crippen molar-refractivity contribution in [3.63, 3.8) is 0 Å². The molecule has 2 rings (SSSR count). The summed E-state index contributed by atoms with van der Waals surface area (Å²) >= 11 is 1.40. The molecule has 1 aliphatic heterocycles. The van der Waals surface area contributed by atoms with Gasteiger partial charge in [-0.05, 0) is 37.6 Å². The van der Waals surface area contributed by atoms with Crippen molar-refractivity contribution in [2.24, 2.45) is 5.92 Å². The Bertz CT molecular complexity index is 605. The number of amides is 1. The maximum atomic E-state index is 12.0. The van der Waals surface area contributed by atoms with E-state index >= 15 is 0 Å². The van der Waals surface area contributed by atoms with Crippen molar-refractivity contribution in [3.05, 3.63) is 34.5 Å². The molecule has 3 unspecified atom stereocenters. The molecule has 150 valence electrons. The van der Waals surface area contributed by atoms with Gasteiger partial charge in [-0.15, -0.1) is 11.3 Å². The molecular formula is C19H28N2O5S. The van der Waals surface area contributed by atoms with Crippen molar-refractivity contribution in [2.75, 3.05) is 20.3 Å². The summed E-state index contributed by atoms with van der Waals surface area (Å²) < 4.78 is 16.1. The average Bonchev–Trinajstić information content (AvgIpc) is 3.20. The zero-order chi connectivity index (χ0) is 19.5. The van der Waals surface area contributed by atoms with Gasteiger partial charge < -0.3 is 14.2 Å². The minimum absolute atomic E-state index is 0.0582. The molecule has 1 aromatic heterocycles. The molecule has 7 nitrogen and oxygen atoms in total. The van der Waals surface area contributed by atoms with Crippen molar-refractivity contribution in [1.82, 2.24) is 10.9 Å². The molecule has 1 amide bonds. The Balaban J connectivity index is 1.71. The van der Waals surface area contributed by atoms with Gasteiger partial charge in [-0.1, -0.05) is 18.2 Å². The molecule has 0 aromatic carbocycles. The summed E-state index contributed by atoms with van der Waals surface area (Å²) in [6, 6.07) is 3.62. The van der Waals surface area contributed by atoms with Crippen LogP contribution in [0.25, 0.3) is 0 Å². The van der Waals surface area contributed by atoms with Crippen LogP contribution in [-0.2, 0) is 19.0 Å². The molecule has 8 heteroatoms. The highest BCUT2D eigenvalue weighted by atomic mass is 32.1. The first kappa shape index (κ1) is 21.6. The van der Waals surface area contributed by atoms with Crippen LogP contribution in [0.5, 0.6) is 0 Å². The van der Waals surface area contributed by atoms with E-state index in [2.05, 4.69) is 27.7 Å². The SMILES string of the molecule is COC(=O)CCCC=CCC1COC(C)OC1CNNC(=O)c1cccs1. The van der Waals surface area contributed by atoms with Crippen molar-refractivity contribution in [1.29, 1.82) is 0 Å². The summed E-state index contributed by atoms with van der Waals surface area (Å²) in [5.74, 6) is -0.126. The second kappa shape index (κ2) is 11.9. The molecule has 0 radical (unpaired) electrons. The number of nitrogens with one attached hydrogen (secondary N) is 2. The van der Waals surface area contributed by atoms with Crippen LogP contribution in [0, 0.1) is 5.92 Å². The molecule has 2 N–H and O–H groups in total. The Morgan fingerprint density at radius 1 is 1.41 bits per heavy atom. The standard InChI is InChI=1S/C19H28N2O5S/c1-14-25-13-15(8-5-3-4-6-10-18(22)24-2)16(26-14)12-20-21-19(23)17-9-7-11-27-17/h3,5,7,9,11,14-16,20H,4,6,8,10,12-13H2,1-2H3,(H,21,23). The molecule has 3 atom stereocenters. The van der Waals surface area contributed by atoms with Crippen LogP contribution in [0.3, 0.4) is 0 Å². The number of methoxy groups -OCH3 is 1. The molecule has 27 heavy (non-hydrogen) atoms. The second-order valence-electron chi connectivity index (χ2n) is 6.32. The highest BCUT2D eigenvalue weighted by Crippen LogP contribution is 2.22. The number of hydrogen-bond donors (Lipinski definition) is 2. The summed E-state index contributed by atoms with van der Waals surface area (Å²) in [6.07, 6.45) is 6.71. The molecule has 0 saturated carbocycles. The van der Waals surface area contributed by atoms with Crippen LogP contribution < -0.4 is 10.9 Å². The lowest BCUT2D eigenvalue weighted by molar-refractivity contribution is -0.225. The first-order valence-electron chi connectivity index (χ1n) is 9.15. The van der Waals surface area contributed by atoms with Gasteiger partial charge in [-0.2, -0.15) is 0 Å². The third-order valence-corrected chi connectivity index (χ3v) is 5.14. The molecule has 1 aliphatic rings. The Kier molecular flexibility index (Phi) is 9.47. The molecular weight excluding hydrogens is 368 g/mol. The van der Waals surface area contributed by atoms with Crippen molar-refractivity contribution < 1.29 is 23.8 Å². The monoisotopic (exact) mass is 396 g/mol. The lowest BCUT2D eigenvalue weighted by Crippen LogP contribution is -2.48. The van der Waals surface area contributed by atoms with Gasteiger partial charge in [0.2, 0.25) is 0 Å². The van der Waals surface area contributed by atoms with Crippen LogP contribution in [0.1, 0.15) is 42.3 Å². The number of unbranched alkanes of at least 4 members (excludes halogenated alkanes) is 1. The predicted molar refractivity (Wildman–Crippen MR) is 103 cm³/mol. The average molecular weight is 397 g/mol. The van der Waals surface area contributed by atoms with E-state index in [9.17, 15) is 9.59 Å². The highest BCUT2D eigenvalue weighted by molar-refractivity contribution is 7.12. The molecule has 1 saturated heterocycles. The second-order valence-corrected chi connectivity index (χ2v) is 7.27. The van der Waals surface area contributed by atoms with E-state index in [4.69, 9.17) is 9.47 Å². The predicted octanol–water partition coefficient (Wildman–Crippen LogP) is 2.65. The van der Waals surface area contributed by atoms with E-state index in [1.807, 2.05) is 18.4 Å². The lowest BCUT2D eigenvalue weighted by Gasteiger charge is -2.35. The summed E-state index contributed by atoms with van der Waals surface area (Å²) in [5.41, 5.74) is 5.68. The van der Waals surface area contributed by atoms with Crippen LogP contribution in [-0.4, -0.2) is 44.5 Å². The topological polar surface area (TPSA) is 85.9 Å². The molecule has 1 fully saturated rings. The van der Waals surface area contributed by atoms with Gasteiger partial charge in [0.05, 0.1) is 24.7 Å². The molecule has 1 aromatic rings. The summed E-state index contributed by atoms with van der Waals surface area (Å²) in [6.45, 7) is 2.99. The minimum Gasteiger partial charge on any atom is -0.469 e. The quantitative estimate of drug-likeness (QED) is 0.274. The number of hydrazine groups is 1. The van der Waals surface area contributed by atoms with Gasteiger partial charge >= 0.3 is 5.97 Å². The van der Waals surface area contributed by atoms with Crippen molar-refractivity contribution >= 4 is 23.2 Å². The van der Waals surface area contributed by atoms with Crippen LogP contribution in [0.2, 0.25) is 0 Å². The highest BCUT2D eigenvalue weighted by Gasteiger charge is 2.29. The summed E-state index contributed by atoms with van der Waals surface area (Å²) in [5, 5.41) is 1.87. The Morgan fingerprint density at radius 2 is 2.26 bits per heavy atom. The zero-order valence-electron chi connectivity index (χ0n) is 15.8. The van der Waals surface area contributed by atoms with E-state index < -0.39 is 0 Å². The van der Waals surface area contributed by atoms with E-state index in [1.165, 1.54) is 18.4 Å².